The average Bonchev–Trinajstić information content (AvgIpc) is 3.54. The molecule has 0 unspecified atom stereocenters. The Hall–Kier alpha value is -3.83. The van der Waals surface area contributed by atoms with Gasteiger partial charge in [-0.2, -0.15) is 0 Å². The summed E-state index contributed by atoms with van der Waals surface area (Å²) in [5.41, 5.74) is 1.35. The van der Waals surface area contributed by atoms with Crippen molar-refractivity contribution < 1.29 is 18.7 Å². The smallest absolute Gasteiger partial charge is 0.333 e. The van der Waals surface area contributed by atoms with Gasteiger partial charge in [-0.1, -0.05) is 23.7 Å². The number of rotatable bonds is 7. The Kier molecular flexibility index (Phi) is 7.96. The van der Waals surface area contributed by atoms with Gasteiger partial charge in [-0.3, -0.25) is 18.9 Å². The van der Waals surface area contributed by atoms with Gasteiger partial charge in [-0.25, -0.2) is 18.6 Å². The number of alkyl halides is 2. The lowest BCUT2D eigenvalue weighted by Crippen LogP contribution is -2.39. The molecule has 12 heteroatoms. The summed E-state index contributed by atoms with van der Waals surface area (Å²) in [5, 5.41) is 12.8. The van der Waals surface area contributed by atoms with Crippen molar-refractivity contribution in [1.82, 2.24) is 24.4 Å². The average molecular weight is 597 g/mol. The largest absolute Gasteiger partial charge is 0.391 e. The van der Waals surface area contributed by atoms with Crippen LogP contribution in [0.5, 0.6) is 0 Å². The number of carbonyl (C=O) groups excluding carboxylic acids is 1. The van der Waals surface area contributed by atoms with Gasteiger partial charge < -0.3 is 15.3 Å². The molecule has 2 N–H and O–H groups in total. The van der Waals surface area contributed by atoms with Crippen molar-refractivity contribution in [2.45, 2.75) is 57.2 Å². The number of imidazole rings is 1. The predicted octanol–water partition coefficient (Wildman–Crippen LogP) is 4.73. The molecule has 4 heterocycles. The maximum Gasteiger partial charge on any atom is 0.333 e. The Morgan fingerprint density at radius 2 is 1.81 bits per heavy atom. The number of anilines is 1. The van der Waals surface area contributed by atoms with Crippen LogP contribution in [0.15, 0.2) is 59.7 Å². The summed E-state index contributed by atoms with van der Waals surface area (Å²) in [5.74, 6) is 0.373. The molecule has 9 nitrogen and oxygen atoms in total. The van der Waals surface area contributed by atoms with Crippen molar-refractivity contribution >= 4 is 34.4 Å². The van der Waals surface area contributed by atoms with E-state index in [2.05, 4.69) is 15.3 Å². The van der Waals surface area contributed by atoms with Crippen molar-refractivity contribution in [3.63, 3.8) is 0 Å². The van der Waals surface area contributed by atoms with E-state index in [-0.39, 0.29) is 34.3 Å². The summed E-state index contributed by atoms with van der Waals surface area (Å²) >= 11 is 5.91. The van der Waals surface area contributed by atoms with Crippen LogP contribution in [-0.4, -0.2) is 55.4 Å². The normalized spacial score (nSPS) is 20.9. The first-order chi connectivity index (χ1) is 20.3. The van der Waals surface area contributed by atoms with Gasteiger partial charge in [0, 0.05) is 31.9 Å². The SMILES string of the molecule is O=C(NC1CCC(Cn2c(=O)n(-c3ccc(N4CC[C@@H](O)C4)nc3)c3ccccc32)CC1)c1cc(Cl)cnc1C(F)F. The van der Waals surface area contributed by atoms with Gasteiger partial charge in [0.05, 0.1) is 39.6 Å². The molecule has 0 radical (unpaired) electrons. The van der Waals surface area contributed by atoms with Crippen LogP contribution in [-0.2, 0) is 6.54 Å². The third kappa shape index (κ3) is 5.63. The quantitative estimate of drug-likeness (QED) is 0.320. The zero-order valence-corrected chi connectivity index (χ0v) is 23.6. The summed E-state index contributed by atoms with van der Waals surface area (Å²) in [6.45, 7) is 1.82. The van der Waals surface area contributed by atoms with Gasteiger partial charge in [-0.15, -0.1) is 0 Å². The highest BCUT2D eigenvalue weighted by molar-refractivity contribution is 6.30. The number of para-hydroxylation sites is 2. The molecule has 4 aromatic rings. The Bertz CT molecular complexity index is 1650. The highest BCUT2D eigenvalue weighted by atomic mass is 35.5. The minimum absolute atomic E-state index is 0.121. The zero-order chi connectivity index (χ0) is 29.4. The molecule has 1 aliphatic heterocycles. The third-order valence-corrected chi connectivity index (χ3v) is 8.48. The lowest BCUT2D eigenvalue weighted by molar-refractivity contribution is 0.0904. The van der Waals surface area contributed by atoms with E-state index in [1.165, 1.54) is 6.07 Å². The van der Waals surface area contributed by atoms with Crippen molar-refractivity contribution in [3.8, 4) is 5.69 Å². The summed E-state index contributed by atoms with van der Waals surface area (Å²) in [4.78, 5) is 36.8. The Morgan fingerprint density at radius 3 is 2.48 bits per heavy atom. The number of amides is 1. The van der Waals surface area contributed by atoms with Crippen LogP contribution in [0.1, 0.15) is 54.6 Å². The number of benzene rings is 1. The first-order valence-corrected chi connectivity index (χ1v) is 14.5. The van der Waals surface area contributed by atoms with E-state index >= 15 is 0 Å². The predicted molar refractivity (Wildman–Crippen MR) is 156 cm³/mol. The summed E-state index contributed by atoms with van der Waals surface area (Å²) in [6, 6.07) is 12.5. The van der Waals surface area contributed by atoms with Gasteiger partial charge >= 0.3 is 5.69 Å². The number of carbonyl (C=O) groups is 1. The van der Waals surface area contributed by atoms with Crippen molar-refractivity contribution in [3.05, 3.63) is 81.6 Å². The fourth-order valence-electron chi connectivity index (χ4n) is 6.10. The number of β-amino-alcohol motifs (C(OH)–C–C–N with tert-alkyl or cyclic N) is 1. The second-order valence-electron chi connectivity index (χ2n) is 11.1. The first kappa shape index (κ1) is 28.3. The number of nitrogens with zero attached hydrogens (tertiary/aromatic N) is 5. The minimum Gasteiger partial charge on any atom is -0.391 e. The third-order valence-electron chi connectivity index (χ3n) is 8.27. The molecule has 1 aliphatic carbocycles. The van der Waals surface area contributed by atoms with E-state index in [1.807, 2.05) is 41.3 Å². The summed E-state index contributed by atoms with van der Waals surface area (Å²) in [7, 11) is 0. The molecule has 42 heavy (non-hydrogen) atoms. The van der Waals surface area contributed by atoms with Gasteiger partial charge in [0.1, 0.15) is 11.5 Å². The number of aromatic nitrogens is 4. The topological polar surface area (TPSA) is 105 Å². The monoisotopic (exact) mass is 596 g/mol. The fourth-order valence-corrected chi connectivity index (χ4v) is 6.26. The molecule has 1 atom stereocenters. The van der Waals surface area contributed by atoms with Crippen molar-refractivity contribution in [1.29, 1.82) is 0 Å². The fraction of sp³-hybridized carbons (Fsp3) is 0.400. The molecule has 1 amide bonds. The van der Waals surface area contributed by atoms with E-state index in [4.69, 9.17) is 11.6 Å². The number of aliphatic hydroxyl groups is 1. The van der Waals surface area contributed by atoms with Crippen LogP contribution < -0.4 is 15.9 Å². The molecule has 0 spiro atoms. The van der Waals surface area contributed by atoms with E-state index in [1.54, 1.807) is 15.3 Å². The first-order valence-electron chi connectivity index (χ1n) is 14.1. The maximum atomic E-state index is 13.7. The number of pyridine rings is 2. The Morgan fingerprint density at radius 1 is 1.05 bits per heavy atom. The van der Waals surface area contributed by atoms with E-state index < -0.39 is 18.0 Å². The maximum absolute atomic E-state index is 13.7. The van der Waals surface area contributed by atoms with Crippen LogP contribution in [0.4, 0.5) is 14.6 Å². The number of fused-ring (bicyclic) bond motifs is 1. The molecule has 1 aromatic carbocycles. The molecule has 0 bridgehead atoms. The summed E-state index contributed by atoms with van der Waals surface area (Å²) in [6.07, 6.45) is 3.15. The standard InChI is InChI=1S/C30H31ClF2N6O3/c31-19-13-23(27(28(32)33)35-14-19)29(41)36-20-7-5-18(6-8-20)16-38-24-3-1-2-4-25(24)39(30(38)42)21-9-10-26(34-15-21)37-12-11-22(40)17-37/h1-4,9-10,13-15,18,20,22,28,40H,5-8,11-12,16-17H2,(H,36,41)/t18?,20?,22-/m1/s1. The number of nitrogens with one attached hydrogen (secondary N) is 1. The van der Waals surface area contributed by atoms with E-state index in [0.29, 0.717) is 38.0 Å². The minimum atomic E-state index is -2.88. The van der Waals surface area contributed by atoms with Crippen molar-refractivity contribution in [2.24, 2.45) is 5.92 Å². The number of hydrogen-bond acceptors (Lipinski definition) is 6. The van der Waals surface area contributed by atoms with Gasteiger partial charge in [0.2, 0.25) is 0 Å². The molecule has 3 aromatic heterocycles. The number of hydrogen-bond donors (Lipinski definition) is 2. The molecular formula is C30H31ClF2N6O3. The number of halogens is 3. The second kappa shape index (κ2) is 11.8. The molecule has 220 valence electrons. The lowest BCUT2D eigenvalue weighted by atomic mass is 9.85. The molecule has 1 saturated carbocycles. The lowest BCUT2D eigenvalue weighted by Gasteiger charge is -2.29. The van der Waals surface area contributed by atoms with E-state index in [0.717, 1.165) is 42.4 Å². The highest BCUT2D eigenvalue weighted by Crippen LogP contribution is 2.29. The number of aliphatic hydroxyl groups excluding tert-OH is 1. The molecular weight excluding hydrogens is 566 g/mol. The van der Waals surface area contributed by atoms with Crippen LogP contribution >= 0.6 is 11.6 Å². The van der Waals surface area contributed by atoms with Gasteiger partial charge in [0.25, 0.3) is 12.3 Å². The Balaban J connectivity index is 1.15. The van der Waals surface area contributed by atoms with E-state index in [9.17, 15) is 23.5 Å². The Labute approximate surface area is 245 Å². The highest BCUT2D eigenvalue weighted by Gasteiger charge is 2.28. The van der Waals surface area contributed by atoms with Crippen LogP contribution in [0, 0.1) is 5.92 Å². The van der Waals surface area contributed by atoms with Crippen LogP contribution in [0.25, 0.3) is 16.7 Å². The summed E-state index contributed by atoms with van der Waals surface area (Å²) < 4.78 is 30.2. The van der Waals surface area contributed by atoms with Crippen LogP contribution in [0.3, 0.4) is 0 Å². The van der Waals surface area contributed by atoms with Crippen molar-refractivity contribution in [2.75, 3.05) is 18.0 Å². The zero-order valence-electron chi connectivity index (χ0n) is 22.8. The van der Waals surface area contributed by atoms with Gasteiger partial charge in [-0.05, 0) is 68.4 Å². The molecule has 6 rings (SSSR count). The van der Waals surface area contributed by atoms with Crippen LogP contribution in [0.2, 0.25) is 5.02 Å². The van der Waals surface area contributed by atoms with Gasteiger partial charge in [0.15, 0.2) is 0 Å². The molecule has 2 fully saturated rings. The molecule has 1 saturated heterocycles. The molecule has 2 aliphatic rings. The second-order valence-corrected chi connectivity index (χ2v) is 11.5.